The Balaban J connectivity index is 2.56. The molecule has 0 unspecified atom stereocenters. The normalized spacial score (nSPS) is 11.1. The number of thiol groups is 1. The smallest absolute Gasteiger partial charge is 0.0562 e. The number of hydrogen-bond acceptors (Lipinski definition) is 2. The third-order valence-electron chi connectivity index (χ3n) is 1.46. The predicted molar refractivity (Wildman–Crippen MR) is 50.8 cm³/mol. The lowest BCUT2D eigenvalue weighted by Gasteiger charge is -1.87. The van der Waals surface area contributed by atoms with Gasteiger partial charge < -0.3 is 0 Å². The molecular weight excluding hydrogens is 156 g/mol. The van der Waals surface area contributed by atoms with Crippen molar-refractivity contribution < 1.29 is 0 Å². The molecule has 0 atom stereocenters. The van der Waals surface area contributed by atoms with Crippen molar-refractivity contribution >= 4 is 18.7 Å². The van der Waals surface area contributed by atoms with E-state index in [1.54, 1.807) is 0 Å². The van der Waals surface area contributed by atoms with Crippen molar-refractivity contribution in [3.63, 3.8) is 0 Å². The van der Waals surface area contributed by atoms with Gasteiger partial charge in [0, 0.05) is 11.3 Å². The minimum absolute atomic E-state index is 0.896. The van der Waals surface area contributed by atoms with E-state index in [4.69, 9.17) is 0 Å². The van der Waals surface area contributed by atoms with Crippen LogP contribution in [0.15, 0.2) is 12.3 Å². The number of aromatic amines is 1. The number of nitrogens with zero attached hydrogens (tertiary/aromatic N) is 1. The molecule has 1 rings (SSSR count). The summed E-state index contributed by atoms with van der Waals surface area (Å²) in [5.41, 5.74) is 2.27. The Labute approximate surface area is 72.1 Å². The molecule has 0 saturated carbocycles. The number of hydrogen-bond donors (Lipinski definition) is 2. The highest BCUT2D eigenvalue weighted by Gasteiger charge is 1.92. The highest BCUT2D eigenvalue weighted by molar-refractivity contribution is 7.80. The van der Waals surface area contributed by atoms with Crippen LogP contribution < -0.4 is 0 Å². The molecule has 2 nitrogen and oxygen atoms in total. The van der Waals surface area contributed by atoms with E-state index in [-0.39, 0.29) is 0 Å². The molecule has 0 fully saturated rings. The van der Waals surface area contributed by atoms with Crippen LogP contribution in [-0.4, -0.2) is 16.0 Å². The standard InChI is InChI=1S/C8H12N2S/c1-7-8(6-9-10-7)4-2-3-5-11/h2,4,6,11H,3,5H2,1H3,(H,9,10). The van der Waals surface area contributed by atoms with Crippen molar-refractivity contribution in [2.45, 2.75) is 13.3 Å². The molecule has 1 N–H and O–H groups in total. The van der Waals surface area contributed by atoms with E-state index in [9.17, 15) is 0 Å². The summed E-state index contributed by atoms with van der Waals surface area (Å²) in [6.07, 6.45) is 7.00. The average Bonchev–Trinajstić information content (AvgIpc) is 2.37. The molecule has 0 aliphatic heterocycles. The van der Waals surface area contributed by atoms with E-state index in [2.05, 4.69) is 35.0 Å². The molecule has 0 radical (unpaired) electrons. The zero-order chi connectivity index (χ0) is 8.10. The summed E-state index contributed by atoms with van der Waals surface area (Å²) in [5, 5.41) is 6.78. The van der Waals surface area contributed by atoms with Gasteiger partial charge in [0.05, 0.1) is 6.20 Å². The summed E-state index contributed by atoms with van der Waals surface area (Å²) in [4.78, 5) is 0. The van der Waals surface area contributed by atoms with Crippen LogP contribution in [0.2, 0.25) is 0 Å². The van der Waals surface area contributed by atoms with Gasteiger partial charge >= 0.3 is 0 Å². The highest BCUT2D eigenvalue weighted by atomic mass is 32.1. The Morgan fingerprint density at radius 3 is 3.09 bits per heavy atom. The molecule has 1 heterocycles. The Hall–Kier alpha value is -0.700. The van der Waals surface area contributed by atoms with Crippen LogP contribution in [0.5, 0.6) is 0 Å². The molecule has 0 saturated heterocycles. The van der Waals surface area contributed by atoms with E-state index < -0.39 is 0 Å². The van der Waals surface area contributed by atoms with E-state index in [1.807, 2.05) is 13.1 Å². The van der Waals surface area contributed by atoms with Gasteiger partial charge in [0.15, 0.2) is 0 Å². The molecule has 11 heavy (non-hydrogen) atoms. The van der Waals surface area contributed by atoms with Gasteiger partial charge in [-0.15, -0.1) is 0 Å². The van der Waals surface area contributed by atoms with Gasteiger partial charge in [-0.25, -0.2) is 0 Å². The van der Waals surface area contributed by atoms with Gasteiger partial charge in [0.1, 0.15) is 0 Å². The Kier molecular flexibility index (Phi) is 3.23. The summed E-state index contributed by atoms with van der Waals surface area (Å²) in [5.74, 6) is 0.896. The molecule has 0 aliphatic carbocycles. The quantitative estimate of drug-likeness (QED) is 0.664. The lowest BCUT2D eigenvalue weighted by molar-refractivity contribution is 1.05. The van der Waals surface area contributed by atoms with Gasteiger partial charge in [-0.3, -0.25) is 5.10 Å². The number of nitrogens with one attached hydrogen (secondary N) is 1. The van der Waals surface area contributed by atoms with Crippen molar-refractivity contribution in [1.82, 2.24) is 10.2 Å². The van der Waals surface area contributed by atoms with Crippen molar-refractivity contribution in [1.29, 1.82) is 0 Å². The number of rotatable bonds is 3. The lowest BCUT2D eigenvalue weighted by atomic mass is 10.2. The molecule has 3 heteroatoms. The molecule has 1 aromatic rings. The lowest BCUT2D eigenvalue weighted by Crippen LogP contribution is -1.73. The second kappa shape index (κ2) is 4.23. The molecule has 60 valence electrons. The number of H-pyrrole nitrogens is 1. The Morgan fingerprint density at radius 1 is 1.73 bits per heavy atom. The fraction of sp³-hybridized carbons (Fsp3) is 0.375. The van der Waals surface area contributed by atoms with Crippen LogP contribution >= 0.6 is 12.6 Å². The van der Waals surface area contributed by atoms with E-state index in [1.165, 1.54) is 0 Å². The van der Waals surface area contributed by atoms with Crippen molar-refractivity contribution in [2.24, 2.45) is 0 Å². The zero-order valence-corrected chi connectivity index (χ0v) is 7.44. The van der Waals surface area contributed by atoms with E-state index in [0.29, 0.717) is 0 Å². The first-order valence-corrected chi connectivity index (χ1v) is 4.25. The summed E-state index contributed by atoms with van der Waals surface area (Å²) in [6, 6.07) is 0. The van der Waals surface area contributed by atoms with Gasteiger partial charge in [0.2, 0.25) is 0 Å². The van der Waals surface area contributed by atoms with Crippen LogP contribution in [0.4, 0.5) is 0 Å². The van der Waals surface area contributed by atoms with Crippen LogP contribution in [-0.2, 0) is 0 Å². The van der Waals surface area contributed by atoms with Crippen molar-refractivity contribution in [2.75, 3.05) is 5.75 Å². The van der Waals surface area contributed by atoms with E-state index >= 15 is 0 Å². The molecule has 0 spiro atoms. The van der Waals surface area contributed by atoms with Crippen LogP contribution in [0.25, 0.3) is 6.08 Å². The minimum Gasteiger partial charge on any atom is -0.282 e. The van der Waals surface area contributed by atoms with E-state index in [0.717, 1.165) is 23.4 Å². The number of aromatic nitrogens is 2. The SMILES string of the molecule is Cc1[nH]ncc1C=CCCS. The second-order valence-electron chi connectivity index (χ2n) is 2.36. The first-order chi connectivity index (χ1) is 5.34. The van der Waals surface area contributed by atoms with Crippen LogP contribution in [0, 0.1) is 6.92 Å². The molecule has 0 aliphatic rings. The zero-order valence-electron chi connectivity index (χ0n) is 6.54. The molecular formula is C8H12N2S. The summed E-state index contributed by atoms with van der Waals surface area (Å²) in [7, 11) is 0. The first-order valence-electron chi connectivity index (χ1n) is 3.62. The second-order valence-corrected chi connectivity index (χ2v) is 2.81. The highest BCUT2D eigenvalue weighted by Crippen LogP contribution is 2.05. The summed E-state index contributed by atoms with van der Waals surface area (Å²) < 4.78 is 0. The largest absolute Gasteiger partial charge is 0.282 e. The van der Waals surface area contributed by atoms with Gasteiger partial charge in [-0.05, 0) is 19.1 Å². The molecule has 1 aromatic heterocycles. The summed E-state index contributed by atoms with van der Waals surface area (Å²) >= 11 is 4.10. The fourth-order valence-electron chi connectivity index (χ4n) is 0.813. The first kappa shape index (κ1) is 8.40. The number of allylic oxidation sites excluding steroid dienone is 1. The third kappa shape index (κ3) is 2.42. The van der Waals surface area contributed by atoms with Crippen LogP contribution in [0.1, 0.15) is 17.7 Å². The van der Waals surface area contributed by atoms with Crippen molar-refractivity contribution in [3.05, 3.63) is 23.5 Å². The Bertz CT molecular complexity index is 240. The summed E-state index contributed by atoms with van der Waals surface area (Å²) in [6.45, 7) is 2.01. The average molecular weight is 168 g/mol. The molecule has 0 aromatic carbocycles. The molecule has 0 bridgehead atoms. The topological polar surface area (TPSA) is 28.7 Å². The molecule has 0 amide bonds. The Morgan fingerprint density at radius 2 is 2.55 bits per heavy atom. The minimum atomic E-state index is 0.896. The fourth-order valence-corrected chi connectivity index (χ4v) is 0.962. The third-order valence-corrected chi connectivity index (χ3v) is 1.72. The maximum atomic E-state index is 4.10. The maximum absolute atomic E-state index is 4.10. The number of aryl methyl sites for hydroxylation is 1. The predicted octanol–water partition coefficient (Wildman–Crippen LogP) is 2.05. The van der Waals surface area contributed by atoms with Gasteiger partial charge in [0.25, 0.3) is 0 Å². The van der Waals surface area contributed by atoms with Gasteiger partial charge in [-0.1, -0.05) is 12.2 Å². The van der Waals surface area contributed by atoms with Gasteiger partial charge in [-0.2, -0.15) is 17.7 Å². The van der Waals surface area contributed by atoms with Crippen LogP contribution in [0.3, 0.4) is 0 Å². The maximum Gasteiger partial charge on any atom is 0.0562 e. The van der Waals surface area contributed by atoms with Crippen molar-refractivity contribution in [3.8, 4) is 0 Å². The monoisotopic (exact) mass is 168 g/mol.